The molecule has 0 bridgehead atoms. The standard InChI is InChI=1S/C14H25NO/c1-4-6-11(7-5-2)14-12-8-10(3)9-13(12)16-15-14/h10-13H,4-9H2,1-3H3. The first-order valence-electron chi connectivity index (χ1n) is 6.99. The minimum absolute atomic E-state index is 0.418. The molecule has 0 aromatic rings. The van der Waals surface area contributed by atoms with E-state index < -0.39 is 0 Å². The maximum Gasteiger partial charge on any atom is 0.135 e. The normalized spacial score (nSPS) is 32.8. The summed E-state index contributed by atoms with van der Waals surface area (Å²) in [6.07, 6.45) is 8.02. The van der Waals surface area contributed by atoms with Crippen molar-refractivity contribution < 1.29 is 4.84 Å². The van der Waals surface area contributed by atoms with Gasteiger partial charge < -0.3 is 4.84 Å². The molecule has 0 spiro atoms. The van der Waals surface area contributed by atoms with Crippen molar-refractivity contribution in [1.82, 2.24) is 0 Å². The van der Waals surface area contributed by atoms with Crippen LogP contribution in [-0.2, 0) is 4.84 Å². The average molecular weight is 223 g/mol. The molecule has 2 aliphatic rings. The monoisotopic (exact) mass is 223 g/mol. The molecular formula is C14H25NO. The molecule has 0 aromatic heterocycles. The van der Waals surface area contributed by atoms with E-state index in [9.17, 15) is 0 Å². The second kappa shape index (κ2) is 5.20. The summed E-state index contributed by atoms with van der Waals surface area (Å²) in [7, 11) is 0. The van der Waals surface area contributed by atoms with Crippen LogP contribution in [-0.4, -0.2) is 11.8 Å². The molecule has 3 unspecified atom stereocenters. The molecule has 1 aliphatic carbocycles. The fourth-order valence-corrected chi connectivity index (χ4v) is 3.38. The van der Waals surface area contributed by atoms with Crippen LogP contribution in [0.2, 0.25) is 0 Å². The molecule has 1 aliphatic heterocycles. The highest BCUT2D eigenvalue weighted by Gasteiger charge is 2.43. The molecule has 92 valence electrons. The maximum atomic E-state index is 5.62. The Balaban J connectivity index is 2.02. The quantitative estimate of drug-likeness (QED) is 0.690. The molecule has 0 aromatic carbocycles. The minimum atomic E-state index is 0.418. The smallest absolute Gasteiger partial charge is 0.135 e. The molecule has 0 radical (unpaired) electrons. The van der Waals surface area contributed by atoms with Gasteiger partial charge in [0.15, 0.2) is 0 Å². The highest BCUT2D eigenvalue weighted by Crippen LogP contribution is 2.41. The topological polar surface area (TPSA) is 21.6 Å². The number of hydrogen-bond donors (Lipinski definition) is 0. The summed E-state index contributed by atoms with van der Waals surface area (Å²) in [5.41, 5.74) is 1.40. The number of rotatable bonds is 5. The van der Waals surface area contributed by atoms with Gasteiger partial charge in [0, 0.05) is 11.8 Å². The first-order chi connectivity index (χ1) is 7.76. The zero-order valence-corrected chi connectivity index (χ0v) is 10.9. The molecule has 2 heteroatoms. The van der Waals surface area contributed by atoms with Crippen molar-refractivity contribution in [1.29, 1.82) is 0 Å². The summed E-state index contributed by atoms with van der Waals surface area (Å²) in [4.78, 5) is 5.62. The van der Waals surface area contributed by atoms with Crippen LogP contribution in [0.1, 0.15) is 59.3 Å². The first-order valence-corrected chi connectivity index (χ1v) is 6.99. The van der Waals surface area contributed by atoms with E-state index in [-0.39, 0.29) is 0 Å². The highest BCUT2D eigenvalue weighted by atomic mass is 16.6. The SMILES string of the molecule is CCCC(CCC)C1=NOC2CC(C)CC12. The van der Waals surface area contributed by atoms with Crippen LogP contribution < -0.4 is 0 Å². The van der Waals surface area contributed by atoms with Gasteiger partial charge in [0.1, 0.15) is 6.10 Å². The summed E-state index contributed by atoms with van der Waals surface area (Å²) < 4.78 is 0. The van der Waals surface area contributed by atoms with Gasteiger partial charge in [0.05, 0.1) is 5.71 Å². The molecule has 3 atom stereocenters. The van der Waals surface area contributed by atoms with Crippen molar-refractivity contribution in [2.24, 2.45) is 22.9 Å². The molecule has 1 fully saturated rings. The fraction of sp³-hybridized carbons (Fsp3) is 0.929. The molecule has 0 saturated heterocycles. The van der Waals surface area contributed by atoms with Gasteiger partial charge in [0.2, 0.25) is 0 Å². The van der Waals surface area contributed by atoms with E-state index in [0.29, 0.717) is 17.9 Å². The lowest BCUT2D eigenvalue weighted by Gasteiger charge is -2.18. The van der Waals surface area contributed by atoms with Crippen LogP contribution in [0.5, 0.6) is 0 Å². The van der Waals surface area contributed by atoms with Gasteiger partial charge in [-0.15, -0.1) is 0 Å². The lowest BCUT2D eigenvalue weighted by Crippen LogP contribution is -2.24. The fourth-order valence-electron chi connectivity index (χ4n) is 3.38. The van der Waals surface area contributed by atoms with E-state index in [4.69, 9.17) is 4.84 Å². The van der Waals surface area contributed by atoms with E-state index in [2.05, 4.69) is 25.9 Å². The third-order valence-electron chi connectivity index (χ3n) is 4.11. The highest BCUT2D eigenvalue weighted by molar-refractivity contribution is 5.90. The molecule has 1 heterocycles. The van der Waals surface area contributed by atoms with E-state index in [0.717, 1.165) is 5.92 Å². The summed E-state index contributed by atoms with van der Waals surface area (Å²) in [6.45, 7) is 6.88. The van der Waals surface area contributed by atoms with Crippen molar-refractivity contribution >= 4 is 5.71 Å². The average Bonchev–Trinajstić information content (AvgIpc) is 2.76. The second-order valence-corrected chi connectivity index (χ2v) is 5.62. The zero-order chi connectivity index (χ0) is 11.5. The number of oxime groups is 1. The number of nitrogens with zero attached hydrogens (tertiary/aromatic N) is 1. The van der Waals surface area contributed by atoms with E-state index >= 15 is 0 Å². The van der Waals surface area contributed by atoms with Crippen LogP contribution in [0.25, 0.3) is 0 Å². The van der Waals surface area contributed by atoms with E-state index in [1.54, 1.807) is 0 Å². The van der Waals surface area contributed by atoms with Crippen LogP contribution >= 0.6 is 0 Å². The van der Waals surface area contributed by atoms with Gasteiger partial charge in [-0.3, -0.25) is 0 Å². The predicted molar refractivity (Wildman–Crippen MR) is 67.5 cm³/mol. The van der Waals surface area contributed by atoms with Gasteiger partial charge in [-0.25, -0.2) is 0 Å². The van der Waals surface area contributed by atoms with Crippen LogP contribution in [0.15, 0.2) is 5.16 Å². The van der Waals surface area contributed by atoms with Gasteiger partial charge >= 0.3 is 0 Å². The summed E-state index contributed by atoms with van der Waals surface area (Å²) >= 11 is 0. The third kappa shape index (κ3) is 2.26. The predicted octanol–water partition coefficient (Wildman–Crippen LogP) is 4.00. The van der Waals surface area contributed by atoms with Crippen LogP contribution in [0.4, 0.5) is 0 Å². The number of fused-ring (bicyclic) bond motifs is 1. The largest absolute Gasteiger partial charge is 0.392 e. The molecule has 0 N–H and O–H groups in total. The number of hydrogen-bond acceptors (Lipinski definition) is 2. The lowest BCUT2D eigenvalue weighted by atomic mass is 9.84. The maximum absolute atomic E-state index is 5.62. The second-order valence-electron chi connectivity index (χ2n) is 5.62. The molecule has 0 amide bonds. The Kier molecular flexibility index (Phi) is 3.88. The molecular weight excluding hydrogens is 198 g/mol. The van der Waals surface area contributed by atoms with E-state index in [1.807, 2.05) is 0 Å². The summed E-state index contributed by atoms with van der Waals surface area (Å²) in [5.74, 6) is 2.16. The first kappa shape index (κ1) is 11.9. The lowest BCUT2D eigenvalue weighted by molar-refractivity contribution is 0.0721. The Bertz CT molecular complexity index is 255. The van der Waals surface area contributed by atoms with Crippen molar-refractivity contribution in [2.45, 2.75) is 65.4 Å². The Morgan fingerprint density at radius 1 is 1.25 bits per heavy atom. The third-order valence-corrected chi connectivity index (χ3v) is 4.11. The van der Waals surface area contributed by atoms with Crippen molar-refractivity contribution in [3.05, 3.63) is 0 Å². The van der Waals surface area contributed by atoms with Gasteiger partial charge in [-0.1, -0.05) is 38.8 Å². The Morgan fingerprint density at radius 3 is 2.56 bits per heavy atom. The van der Waals surface area contributed by atoms with Crippen molar-refractivity contribution in [2.75, 3.05) is 0 Å². The Labute approximate surface area is 99.4 Å². The van der Waals surface area contributed by atoms with Crippen LogP contribution in [0, 0.1) is 17.8 Å². The molecule has 2 rings (SSSR count). The molecule has 1 saturated carbocycles. The van der Waals surface area contributed by atoms with Gasteiger partial charge in [-0.2, -0.15) is 0 Å². The Hall–Kier alpha value is -0.530. The van der Waals surface area contributed by atoms with Crippen molar-refractivity contribution in [3.63, 3.8) is 0 Å². The van der Waals surface area contributed by atoms with Gasteiger partial charge in [-0.05, 0) is 31.6 Å². The molecule has 16 heavy (non-hydrogen) atoms. The summed E-state index contributed by atoms with van der Waals surface area (Å²) in [6, 6.07) is 0. The van der Waals surface area contributed by atoms with E-state index in [1.165, 1.54) is 44.2 Å². The van der Waals surface area contributed by atoms with Gasteiger partial charge in [0.25, 0.3) is 0 Å². The van der Waals surface area contributed by atoms with Crippen LogP contribution in [0.3, 0.4) is 0 Å². The zero-order valence-electron chi connectivity index (χ0n) is 10.9. The summed E-state index contributed by atoms with van der Waals surface area (Å²) in [5, 5.41) is 4.41. The molecule has 2 nitrogen and oxygen atoms in total. The Morgan fingerprint density at radius 2 is 1.94 bits per heavy atom. The van der Waals surface area contributed by atoms with Crippen molar-refractivity contribution in [3.8, 4) is 0 Å². The minimum Gasteiger partial charge on any atom is -0.392 e.